The van der Waals surface area contributed by atoms with E-state index < -0.39 is 12.0 Å². The topological polar surface area (TPSA) is 82.5 Å². The third-order valence-electron chi connectivity index (χ3n) is 4.69. The average Bonchev–Trinajstić information content (AvgIpc) is 3.04. The van der Waals surface area contributed by atoms with Crippen molar-refractivity contribution in [2.24, 2.45) is 5.92 Å². The van der Waals surface area contributed by atoms with E-state index in [0.717, 1.165) is 25.0 Å². The lowest BCUT2D eigenvalue weighted by atomic mass is 9.85. The molecule has 1 aromatic heterocycles. The number of aromatic nitrogens is 1. The number of carbonyl (C=O) groups excluding carboxylic acids is 1. The van der Waals surface area contributed by atoms with E-state index in [2.05, 4.69) is 15.2 Å². The second-order valence-electron chi connectivity index (χ2n) is 6.20. The maximum Gasteiger partial charge on any atom is 0.320 e. The minimum atomic E-state index is -0.730. The highest BCUT2D eigenvalue weighted by Gasteiger charge is 2.45. The molecule has 0 unspecified atom stereocenters. The summed E-state index contributed by atoms with van der Waals surface area (Å²) in [7, 11) is 0. The van der Waals surface area contributed by atoms with Gasteiger partial charge in [-0.15, -0.1) is 11.3 Å². The molecule has 3 atom stereocenters. The molecule has 1 aliphatic heterocycles. The van der Waals surface area contributed by atoms with Crippen molar-refractivity contribution in [1.29, 1.82) is 0 Å². The summed E-state index contributed by atoms with van der Waals surface area (Å²) in [4.78, 5) is 29.2. The molecule has 2 heterocycles. The number of amides is 1. The van der Waals surface area contributed by atoms with Crippen LogP contribution in [0.25, 0.3) is 0 Å². The highest BCUT2D eigenvalue weighted by molar-refractivity contribution is 7.13. The molecule has 1 aromatic rings. The SMILES string of the molecule is CC(=O)Nc1nc(CN2[C@@H]3CCCC[C@H]3C[C@H]2C(=O)O)cs1. The van der Waals surface area contributed by atoms with Crippen LogP contribution in [-0.2, 0) is 16.1 Å². The summed E-state index contributed by atoms with van der Waals surface area (Å²) < 4.78 is 0. The molecule has 2 fully saturated rings. The Morgan fingerprint density at radius 1 is 1.45 bits per heavy atom. The zero-order chi connectivity index (χ0) is 15.7. The Labute approximate surface area is 133 Å². The first kappa shape index (κ1) is 15.4. The van der Waals surface area contributed by atoms with Crippen molar-refractivity contribution in [3.05, 3.63) is 11.1 Å². The molecule has 1 saturated carbocycles. The Bertz CT molecular complexity index is 574. The molecule has 0 aromatic carbocycles. The molecule has 3 rings (SSSR count). The van der Waals surface area contributed by atoms with Crippen molar-refractivity contribution in [2.75, 3.05) is 5.32 Å². The molecule has 1 saturated heterocycles. The van der Waals surface area contributed by atoms with Crippen molar-refractivity contribution in [3.8, 4) is 0 Å². The number of anilines is 1. The number of carbonyl (C=O) groups is 2. The minimum absolute atomic E-state index is 0.141. The third kappa shape index (κ3) is 3.15. The Morgan fingerprint density at radius 2 is 2.23 bits per heavy atom. The predicted octanol–water partition coefficient (Wildman–Crippen LogP) is 2.32. The zero-order valence-electron chi connectivity index (χ0n) is 12.6. The molecule has 22 heavy (non-hydrogen) atoms. The summed E-state index contributed by atoms with van der Waals surface area (Å²) in [6.45, 7) is 2.00. The first-order chi connectivity index (χ1) is 10.5. The highest BCUT2D eigenvalue weighted by atomic mass is 32.1. The maximum atomic E-state index is 11.6. The molecule has 7 heteroatoms. The quantitative estimate of drug-likeness (QED) is 0.888. The van der Waals surface area contributed by atoms with Crippen molar-refractivity contribution < 1.29 is 14.7 Å². The first-order valence-electron chi connectivity index (χ1n) is 7.75. The first-order valence-corrected chi connectivity index (χ1v) is 8.63. The van der Waals surface area contributed by atoms with E-state index in [1.54, 1.807) is 0 Å². The number of hydrogen-bond acceptors (Lipinski definition) is 5. The monoisotopic (exact) mass is 323 g/mol. The average molecular weight is 323 g/mol. The van der Waals surface area contributed by atoms with Gasteiger partial charge in [0.25, 0.3) is 0 Å². The van der Waals surface area contributed by atoms with Gasteiger partial charge in [0.15, 0.2) is 5.13 Å². The van der Waals surface area contributed by atoms with Crippen LogP contribution in [-0.4, -0.2) is 39.0 Å². The van der Waals surface area contributed by atoms with Crippen LogP contribution in [0, 0.1) is 5.92 Å². The molecule has 2 N–H and O–H groups in total. The summed E-state index contributed by atoms with van der Waals surface area (Å²) in [6, 6.07) is -0.0419. The molecule has 1 aliphatic carbocycles. The van der Waals surface area contributed by atoms with Gasteiger partial charge in [0.2, 0.25) is 5.91 Å². The minimum Gasteiger partial charge on any atom is -0.480 e. The van der Waals surface area contributed by atoms with Crippen LogP contribution in [0.1, 0.15) is 44.7 Å². The number of rotatable bonds is 4. The molecule has 120 valence electrons. The Balaban J connectivity index is 1.74. The van der Waals surface area contributed by atoms with Crippen LogP contribution >= 0.6 is 11.3 Å². The number of thiazole rings is 1. The second kappa shape index (κ2) is 6.34. The molecule has 0 spiro atoms. The second-order valence-corrected chi connectivity index (χ2v) is 7.06. The highest BCUT2D eigenvalue weighted by Crippen LogP contribution is 2.40. The standard InChI is InChI=1S/C15H21N3O3S/c1-9(19)16-15-17-11(8-22-15)7-18-12-5-3-2-4-10(12)6-13(18)14(20)21/h8,10,12-13H,2-7H2,1H3,(H,20,21)(H,16,17,19)/t10-,12+,13-/m0/s1. The van der Waals surface area contributed by atoms with Crippen molar-refractivity contribution in [2.45, 2.75) is 57.7 Å². The molecule has 2 aliphatic rings. The number of nitrogens with one attached hydrogen (secondary N) is 1. The van der Waals surface area contributed by atoms with Crippen molar-refractivity contribution in [3.63, 3.8) is 0 Å². The number of aliphatic carboxylic acids is 1. The van der Waals surface area contributed by atoms with E-state index in [1.165, 1.54) is 31.1 Å². The fourth-order valence-corrected chi connectivity index (χ4v) is 4.55. The number of carboxylic acid groups (broad SMARTS) is 1. The van der Waals surface area contributed by atoms with Crippen molar-refractivity contribution >= 4 is 28.3 Å². The summed E-state index contributed by atoms with van der Waals surface area (Å²) >= 11 is 1.38. The summed E-state index contributed by atoms with van der Waals surface area (Å²) in [5.74, 6) is -0.368. The van der Waals surface area contributed by atoms with E-state index in [4.69, 9.17) is 0 Å². The Hall–Kier alpha value is -1.47. The molecular formula is C15H21N3O3S. The van der Waals surface area contributed by atoms with Gasteiger partial charge in [0, 0.05) is 24.9 Å². The van der Waals surface area contributed by atoms with E-state index in [0.29, 0.717) is 23.6 Å². The number of likely N-dealkylation sites (tertiary alicyclic amines) is 1. The lowest BCUT2D eigenvalue weighted by molar-refractivity contribution is -0.143. The number of fused-ring (bicyclic) bond motifs is 1. The van der Waals surface area contributed by atoms with Gasteiger partial charge in [0.05, 0.1) is 5.69 Å². The van der Waals surface area contributed by atoms with Gasteiger partial charge in [-0.05, 0) is 25.2 Å². The smallest absolute Gasteiger partial charge is 0.320 e. The molecular weight excluding hydrogens is 302 g/mol. The Kier molecular flexibility index (Phi) is 4.44. The van der Waals surface area contributed by atoms with Crippen LogP contribution in [0.5, 0.6) is 0 Å². The molecule has 1 amide bonds. The van der Waals surface area contributed by atoms with Gasteiger partial charge in [0.1, 0.15) is 6.04 Å². The largest absolute Gasteiger partial charge is 0.480 e. The van der Waals surface area contributed by atoms with Gasteiger partial charge in [-0.2, -0.15) is 0 Å². The van der Waals surface area contributed by atoms with Crippen LogP contribution in [0.4, 0.5) is 5.13 Å². The predicted molar refractivity (Wildman–Crippen MR) is 83.7 cm³/mol. The van der Waals surface area contributed by atoms with E-state index in [1.807, 2.05) is 5.38 Å². The number of hydrogen-bond donors (Lipinski definition) is 2. The molecule has 0 radical (unpaired) electrons. The van der Waals surface area contributed by atoms with Crippen LogP contribution < -0.4 is 5.32 Å². The number of carboxylic acids is 1. The van der Waals surface area contributed by atoms with Crippen LogP contribution in [0.2, 0.25) is 0 Å². The van der Waals surface area contributed by atoms with Gasteiger partial charge in [-0.25, -0.2) is 4.98 Å². The van der Waals surface area contributed by atoms with Crippen LogP contribution in [0.15, 0.2) is 5.38 Å². The van der Waals surface area contributed by atoms with E-state index in [-0.39, 0.29) is 5.91 Å². The van der Waals surface area contributed by atoms with E-state index >= 15 is 0 Å². The summed E-state index contributed by atoms with van der Waals surface area (Å²) in [5, 5.41) is 14.7. The lowest BCUT2D eigenvalue weighted by Gasteiger charge is -2.32. The Morgan fingerprint density at radius 3 is 2.95 bits per heavy atom. The normalized spacial score (nSPS) is 28.3. The number of nitrogens with zero attached hydrogens (tertiary/aromatic N) is 2. The van der Waals surface area contributed by atoms with Gasteiger partial charge in [-0.1, -0.05) is 12.8 Å². The van der Waals surface area contributed by atoms with Gasteiger partial charge in [-0.3, -0.25) is 14.5 Å². The third-order valence-corrected chi connectivity index (χ3v) is 5.49. The lowest BCUT2D eigenvalue weighted by Crippen LogP contribution is -2.41. The molecule has 6 nitrogen and oxygen atoms in total. The van der Waals surface area contributed by atoms with Crippen molar-refractivity contribution in [1.82, 2.24) is 9.88 Å². The zero-order valence-corrected chi connectivity index (χ0v) is 13.4. The fraction of sp³-hybridized carbons (Fsp3) is 0.667. The van der Waals surface area contributed by atoms with Crippen LogP contribution in [0.3, 0.4) is 0 Å². The van der Waals surface area contributed by atoms with E-state index in [9.17, 15) is 14.7 Å². The summed E-state index contributed by atoms with van der Waals surface area (Å²) in [5.41, 5.74) is 0.839. The molecule has 0 bridgehead atoms. The van der Waals surface area contributed by atoms with Gasteiger partial charge >= 0.3 is 5.97 Å². The van der Waals surface area contributed by atoms with Gasteiger partial charge < -0.3 is 10.4 Å². The maximum absolute atomic E-state index is 11.6. The fourth-order valence-electron chi connectivity index (χ4n) is 3.80. The summed E-state index contributed by atoms with van der Waals surface area (Å²) in [6.07, 6.45) is 5.36.